The quantitative estimate of drug-likeness (QED) is 0.0261. The molecule has 0 spiro atoms. The first-order valence-electron chi connectivity index (χ1n) is 33.7. The van der Waals surface area contributed by atoms with Crippen LogP contribution in [0.4, 0.5) is 0 Å². The summed E-state index contributed by atoms with van der Waals surface area (Å²) in [5, 5.41) is 0. The molecular formula is C73H126O6. The van der Waals surface area contributed by atoms with Crippen molar-refractivity contribution in [1.29, 1.82) is 0 Å². The fourth-order valence-corrected chi connectivity index (χ4v) is 9.54. The zero-order valence-corrected chi connectivity index (χ0v) is 52.1. The SMILES string of the molecule is CC/C=C\C/C=C\C/C=C\C/C=C\C/C=C\CC(=O)OCC(COC(=O)CCCCCCCCCCCCCCCCC/C=C\C/C=C\CCCCCCC)OC(=O)CCCCCCCCCCC/C=C\CCCCCCCC. The monoisotopic (exact) mass is 1100 g/mol. The van der Waals surface area contributed by atoms with Crippen molar-refractivity contribution in [2.45, 2.75) is 335 Å². The van der Waals surface area contributed by atoms with E-state index in [1.165, 1.54) is 212 Å². The molecule has 0 aromatic heterocycles. The fourth-order valence-electron chi connectivity index (χ4n) is 9.54. The van der Waals surface area contributed by atoms with E-state index in [0.29, 0.717) is 12.8 Å². The van der Waals surface area contributed by atoms with Gasteiger partial charge in [-0.2, -0.15) is 0 Å². The summed E-state index contributed by atoms with van der Waals surface area (Å²) in [6.07, 6.45) is 90.3. The van der Waals surface area contributed by atoms with Crippen molar-refractivity contribution in [1.82, 2.24) is 0 Å². The molecule has 0 rings (SSSR count). The Bertz CT molecular complexity index is 1540. The van der Waals surface area contributed by atoms with E-state index >= 15 is 0 Å². The van der Waals surface area contributed by atoms with Gasteiger partial charge in [-0.1, -0.05) is 304 Å². The van der Waals surface area contributed by atoms with Gasteiger partial charge in [-0.25, -0.2) is 0 Å². The number of rotatable bonds is 61. The lowest BCUT2D eigenvalue weighted by Crippen LogP contribution is -2.30. The Morgan fingerprint density at radius 3 is 0.899 bits per heavy atom. The van der Waals surface area contributed by atoms with Crippen molar-refractivity contribution in [3.8, 4) is 0 Å². The molecule has 0 aromatic carbocycles. The molecule has 0 fully saturated rings. The average Bonchev–Trinajstić information content (AvgIpc) is 3.45. The van der Waals surface area contributed by atoms with Crippen LogP contribution in [-0.2, 0) is 28.6 Å². The topological polar surface area (TPSA) is 78.9 Å². The highest BCUT2D eigenvalue weighted by Gasteiger charge is 2.19. The maximum atomic E-state index is 12.9. The van der Waals surface area contributed by atoms with Gasteiger partial charge in [-0.05, 0) is 103 Å². The maximum Gasteiger partial charge on any atom is 0.309 e. The first-order valence-corrected chi connectivity index (χ1v) is 33.7. The number of esters is 3. The van der Waals surface area contributed by atoms with Gasteiger partial charge in [-0.15, -0.1) is 0 Å². The summed E-state index contributed by atoms with van der Waals surface area (Å²) < 4.78 is 16.8. The fraction of sp³-hybridized carbons (Fsp3) is 0.740. The molecule has 0 N–H and O–H groups in total. The van der Waals surface area contributed by atoms with E-state index in [-0.39, 0.29) is 31.6 Å². The summed E-state index contributed by atoms with van der Waals surface area (Å²) in [5.74, 6) is -1.03. The summed E-state index contributed by atoms with van der Waals surface area (Å²) >= 11 is 0. The van der Waals surface area contributed by atoms with E-state index in [1.807, 2.05) is 6.08 Å². The van der Waals surface area contributed by atoms with Crippen LogP contribution in [0, 0.1) is 0 Å². The summed E-state index contributed by atoms with van der Waals surface area (Å²) in [4.78, 5) is 38.3. The van der Waals surface area contributed by atoms with Gasteiger partial charge >= 0.3 is 17.9 Å². The number of allylic oxidation sites excluding steroid dienone is 15. The molecule has 1 atom stereocenters. The van der Waals surface area contributed by atoms with E-state index in [2.05, 4.69) is 106 Å². The molecule has 0 aliphatic rings. The molecule has 0 amide bonds. The summed E-state index contributed by atoms with van der Waals surface area (Å²) in [6, 6.07) is 0. The van der Waals surface area contributed by atoms with E-state index in [0.717, 1.165) is 77.0 Å². The Morgan fingerprint density at radius 2 is 0.544 bits per heavy atom. The van der Waals surface area contributed by atoms with E-state index in [1.54, 1.807) is 6.08 Å². The van der Waals surface area contributed by atoms with Crippen LogP contribution < -0.4 is 0 Å². The third kappa shape index (κ3) is 65.0. The van der Waals surface area contributed by atoms with Gasteiger partial charge in [0.2, 0.25) is 0 Å². The summed E-state index contributed by atoms with van der Waals surface area (Å²) in [6.45, 7) is 6.46. The average molecular weight is 1100 g/mol. The van der Waals surface area contributed by atoms with Crippen LogP contribution in [-0.4, -0.2) is 37.2 Å². The molecule has 0 saturated heterocycles. The van der Waals surface area contributed by atoms with Gasteiger partial charge < -0.3 is 14.2 Å². The molecule has 0 aliphatic carbocycles. The number of carbonyl (C=O) groups excluding carboxylic acids is 3. The van der Waals surface area contributed by atoms with Crippen LogP contribution in [0.5, 0.6) is 0 Å². The normalized spacial score (nSPS) is 12.7. The highest BCUT2D eigenvalue weighted by molar-refractivity contribution is 5.72. The second-order valence-electron chi connectivity index (χ2n) is 22.4. The molecule has 0 saturated carbocycles. The molecule has 0 aromatic rings. The molecule has 454 valence electrons. The smallest absolute Gasteiger partial charge is 0.309 e. The maximum absolute atomic E-state index is 12.9. The molecular weight excluding hydrogens is 973 g/mol. The zero-order valence-electron chi connectivity index (χ0n) is 52.1. The van der Waals surface area contributed by atoms with Crippen molar-refractivity contribution in [2.75, 3.05) is 13.2 Å². The van der Waals surface area contributed by atoms with Gasteiger partial charge in [0.15, 0.2) is 6.10 Å². The van der Waals surface area contributed by atoms with E-state index < -0.39 is 12.1 Å². The largest absolute Gasteiger partial charge is 0.462 e. The van der Waals surface area contributed by atoms with Crippen LogP contribution in [0.3, 0.4) is 0 Å². The number of carbonyl (C=O) groups is 3. The lowest BCUT2D eigenvalue weighted by molar-refractivity contribution is -0.166. The molecule has 6 heteroatoms. The molecule has 6 nitrogen and oxygen atoms in total. The van der Waals surface area contributed by atoms with Crippen LogP contribution in [0.1, 0.15) is 329 Å². The van der Waals surface area contributed by atoms with E-state index in [4.69, 9.17) is 14.2 Å². The summed E-state index contributed by atoms with van der Waals surface area (Å²) in [7, 11) is 0. The molecule has 79 heavy (non-hydrogen) atoms. The van der Waals surface area contributed by atoms with Gasteiger partial charge in [0.05, 0.1) is 6.42 Å². The van der Waals surface area contributed by atoms with Gasteiger partial charge in [0.1, 0.15) is 13.2 Å². The van der Waals surface area contributed by atoms with Crippen molar-refractivity contribution in [2.24, 2.45) is 0 Å². The van der Waals surface area contributed by atoms with Crippen LogP contribution >= 0.6 is 0 Å². The number of hydrogen-bond acceptors (Lipinski definition) is 6. The Balaban J connectivity index is 4.35. The third-order valence-corrected chi connectivity index (χ3v) is 14.6. The minimum absolute atomic E-state index is 0.107. The Hall–Kier alpha value is -3.67. The molecule has 0 heterocycles. The lowest BCUT2D eigenvalue weighted by Gasteiger charge is -2.18. The number of unbranched alkanes of at least 4 members (excludes halogenated alkanes) is 35. The highest BCUT2D eigenvalue weighted by Crippen LogP contribution is 2.17. The molecule has 1 unspecified atom stereocenters. The van der Waals surface area contributed by atoms with Crippen molar-refractivity contribution in [3.05, 3.63) is 97.2 Å². The first-order chi connectivity index (χ1) is 39.0. The zero-order chi connectivity index (χ0) is 57.1. The van der Waals surface area contributed by atoms with Crippen molar-refractivity contribution < 1.29 is 28.6 Å². The highest BCUT2D eigenvalue weighted by atomic mass is 16.6. The predicted octanol–water partition coefficient (Wildman–Crippen LogP) is 23.2. The minimum Gasteiger partial charge on any atom is -0.462 e. The van der Waals surface area contributed by atoms with Crippen LogP contribution in [0.15, 0.2) is 97.2 Å². The Labute approximate surface area is 489 Å². The first kappa shape index (κ1) is 75.3. The number of hydrogen-bond donors (Lipinski definition) is 0. The molecule has 0 radical (unpaired) electrons. The van der Waals surface area contributed by atoms with Crippen molar-refractivity contribution in [3.63, 3.8) is 0 Å². The second-order valence-corrected chi connectivity index (χ2v) is 22.4. The van der Waals surface area contributed by atoms with Gasteiger partial charge in [0.25, 0.3) is 0 Å². The Morgan fingerprint density at radius 1 is 0.278 bits per heavy atom. The van der Waals surface area contributed by atoms with Gasteiger partial charge in [-0.3, -0.25) is 14.4 Å². The van der Waals surface area contributed by atoms with E-state index in [9.17, 15) is 14.4 Å². The standard InChI is InChI=1S/C73H126O6/c1-4-7-10-13-16-19-22-25-28-30-32-33-34-35-36-37-38-39-41-42-45-48-51-54-57-60-63-66-72(75)78-69-70(68-77-71(74)65-62-59-56-53-50-47-44-27-24-21-18-15-12-9-6-3)79-73(76)67-64-61-58-55-52-49-46-43-40-31-29-26-23-20-17-14-11-8-5-2/h9,12,18,21-22,25-27,29-30,32,44,50,53,59,62,70H,4-8,10-11,13-17,19-20,23-24,28,31,33-43,45-49,51-52,54-58,60-61,63-69H2,1-3H3/b12-9-,21-18-,25-22-,29-26-,32-30-,44-27-,53-50-,62-59-. The second kappa shape index (κ2) is 66.8. The predicted molar refractivity (Wildman–Crippen MR) is 344 cm³/mol. The van der Waals surface area contributed by atoms with Gasteiger partial charge in [0, 0.05) is 12.8 Å². The van der Waals surface area contributed by atoms with Crippen molar-refractivity contribution >= 4 is 17.9 Å². The van der Waals surface area contributed by atoms with Crippen LogP contribution in [0.2, 0.25) is 0 Å². The third-order valence-electron chi connectivity index (χ3n) is 14.6. The lowest BCUT2D eigenvalue weighted by atomic mass is 10.0. The van der Waals surface area contributed by atoms with Crippen LogP contribution in [0.25, 0.3) is 0 Å². The molecule has 0 aliphatic heterocycles. The minimum atomic E-state index is -0.820. The summed E-state index contributed by atoms with van der Waals surface area (Å²) in [5.41, 5.74) is 0. The number of ether oxygens (including phenoxy) is 3. The molecule has 0 bridgehead atoms. The Kier molecular flexibility index (Phi) is 63.7.